The van der Waals surface area contributed by atoms with Crippen molar-refractivity contribution in [3.05, 3.63) is 45.4 Å². The average molecular weight is 537 g/mol. The maximum Gasteiger partial charge on any atom is 0.248 e. The second kappa shape index (κ2) is 10.2. The fraction of sp³-hybridized carbons (Fsp3) is 0.222. The Morgan fingerprint density at radius 1 is 1.16 bits per heavy atom. The van der Waals surface area contributed by atoms with Gasteiger partial charge in [0.25, 0.3) is 0 Å². The lowest BCUT2D eigenvalue weighted by atomic mass is 10.3. The molecular weight excluding hydrogens is 521 g/mol. The summed E-state index contributed by atoms with van der Waals surface area (Å²) in [5.74, 6) is -0.419. The lowest BCUT2D eigenvalue weighted by Crippen LogP contribution is -2.41. The van der Waals surface area contributed by atoms with Gasteiger partial charge in [-0.1, -0.05) is 40.9 Å². The number of aliphatic imine (C=N–C) groups is 1. The van der Waals surface area contributed by atoms with Gasteiger partial charge in [0.1, 0.15) is 4.90 Å². The Labute approximate surface area is 202 Å². The van der Waals surface area contributed by atoms with E-state index in [0.29, 0.717) is 0 Å². The summed E-state index contributed by atoms with van der Waals surface area (Å²) >= 11 is 18.2. The number of sulfonamides is 1. The fourth-order valence-corrected chi connectivity index (χ4v) is 6.51. The molecule has 0 amide bonds. The molecule has 0 radical (unpaired) electrons. The molecule has 14 heteroatoms. The minimum atomic E-state index is -4.18. The van der Waals surface area contributed by atoms with E-state index < -0.39 is 31.5 Å². The Morgan fingerprint density at radius 2 is 1.84 bits per heavy atom. The van der Waals surface area contributed by atoms with Crippen molar-refractivity contribution < 1.29 is 17.7 Å². The molecule has 0 atom stereocenters. The quantitative estimate of drug-likeness (QED) is 0.179. The Bertz CT molecular complexity index is 1240. The molecule has 1 aliphatic rings. The van der Waals surface area contributed by atoms with E-state index in [1.807, 2.05) is 0 Å². The van der Waals surface area contributed by atoms with E-state index >= 15 is 0 Å². The number of rotatable bonds is 4. The van der Waals surface area contributed by atoms with E-state index in [4.69, 9.17) is 40.1 Å². The molecule has 170 valence electrons. The molecule has 1 saturated heterocycles. The van der Waals surface area contributed by atoms with Gasteiger partial charge in [-0.15, -0.1) is 0 Å². The van der Waals surface area contributed by atoms with Crippen molar-refractivity contribution in [3.63, 3.8) is 0 Å². The van der Waals surface area contributed by atoms with Gasteiger partial charge in [0.15, 0.2) is 11.9 Å². The van der Waals surface area contributed by atoms with E-state index in [9.17, 15) is 17.7 Å². The number of halogens is 3. The van der Waals surface area contributed by atoms with Crippen LogP contribution in [0.3, 0.4) is 0 Å². The van der Waals surface area contributed by atoms with E-state index in [1.165, 1.54) is 12.1 Å². The molecule has 0 bridgehead atoms. The van der Waals surface area contributed by atoms with Crippen molar-refractivity contribution >= 4 is 73.0 Å². The number of benzene rings is 2. The molecule has 1 aliphatic heterocycles. The highest BCUT2D eigenvalue weighted by atomic mass is 35.5. The standard InChI is InChI=1S/C18H16Cl3N5O4S2/c19-11-2-1-3-13(15(11)21)24-18(23-10-22)25-14-5-4-12(20)17(16(14)27)32(29,30)26-6-8-31(28)9-7-26/h1-5,27H,6-9H2,(H2,23,24,25). The lowest BCUT2D eigenvalue weighted by Gasteiger charge is -2.26. The molecule has 9 nitrogen and oxygen atoms in total. The normalized spacial score (nSPS) is 15.9. The molecule has 0 aliphatic carbocycles. The van der Waals surface area contributed by atoms with Crippen molar-refractivity contribution in [1.82, 2.24) is 9.62 Å². The van der Waals surface area contributed by atoms with Crippen LogP contribution in [0.4, 0.5) is 11.4 Å². The van der Waals surface area contributed by atoms with Crippen molar-refractivity contribution in [2.75, 3.05) is 29.9 Å². The first-order valence-corrected chi connectivity index (χ1v) is 13.0. The van der Waals surface area contributed by atoms with Gasteiger partial charge in [0, 0.05) is 35.4 Å². The number of anilines is 1. The van der Waals surface area contributed by atoms with E-state index in [2.05, 4.69) is 15.6 Å². The van der Waals surface area contributed by atoms with Gasteiger partial charge < -0.3 is 10.4 Å². The number of nitriles is 1. The Kier molecular flexibility index (Phi) is 7.87. The van der Waals surface area contributed by atoms with Crippen LogP contribution in [-0.2, 0) is 20.8 Å². The van der Waals surface area contributed by atoms with Gasteiger partial charge in [-0.25, -0.2) is 13.4 Å². The van der Waals surface area contributed by atoms with Gasteiger partial charge in [-0.3, -0.25) is 9.53 Å². The van der Waals surface area contributed by atoms with Crippen LogP contribution in [0.25, 0.3) is 0 Å². The molecule has 3 N–H and O–H groups in total. The number of hydrogen-bond donors (Lipinski definition) is 3. The Balaban J connectivity index is 2.00. The molecule has 3 rings (SSSR count). The van der Waals surface area contributed by atoms with E-state index in [0.717, 1.165) is 4.31 Å². The largest absolute Gasteiger partial charge is 0.504 e. The van der Waals surface area contributed by atoms with Crippen LogP contribution in [0.5, 0.6) is 5.75 Å². The summed E-state index contributed by atoms with van der Waals surface area (Å²) in [4.78, 5) is 3.67. The summed E-state index contributed by atoms with van der Waals surface area (Å²) in [5.41, 5.74) is 0.153. The monoisotopic (exact) mass is 535 g/mol. The summed E-state index contributed by atoms with van der Waals surface area (Å²) in [7, 11) is -5.26. The van der Waals surface area contributed by atoms with Crippen LogP contribution in [0.1, 0.15) is 0 Å². The zero-order valence-electron chi connectivity index (χ0n) is 16.2. The smallest absolute Gasteiger partial charge is 0.248 e. The van der Waals surface area contributed by atoms with Crippen molar-refractivity contribution in [3.8, 4) is 11.9 Å². The van der Waals surface area contributed by atoms with Gasteiger partial charge in [-0.2, -0.15) is 9.57 Å². The van der Waals surface area contributed by atoms with Gasteiger partial charge >= 0.3 is 0 Å². The predicted octanol–water partition coefficient (Wildman–Crippen LogP) is 3.28. The minimum absolute atomic E-state index is 0.0400. The minimum Gasteiger partial charge on any atom is -0.504 e. The van der Waals surface area contributed by atoms with Crippen LogP contribution >= 0.6 is 34.8 Å². The fourth-order valence-electron chi connectivity index (χ4n) is 2.85. The SMILES string of the molecule is N#CNC(=Nc1cccc(Cl)c1Cl)Nc1ccc(Cl)c(S(=O)(=O)N2CCS(=O)CC2)c1O. The Morgan fingerprint density at radius 3 is 2.50 bits per heavy atom. The molecule has 0 saturated carbocycles. The Hall–Kier alpha value is -2.07. The van der Waals surface area contributed by atoms with Gasteiger partial charge in [0.05, 0.1) is 26.4 Å². The van der Waals surface area contributed by atoms with Crippen LogP contribution < -0.4 is 10.6 Å². The zero-order valence-corrected chi connectivity index (χ0v) is 20.1. The summed E-state index contributed by atoms with van der Waals surface area (Å²) < 4.78 is 38.9. The highest BCUT2D eigenvalue weighted by Crippen LogP contribution is 2.39. The molecule has 0 unspecified atom stereocenters. The summed E-state index contributed by atoms with van der Waals surface area (Å²) in [6, 6.07) is 7.33. The maximum absolute atomic E-state index is 13.1. The van der Waals surface area contributed by atoms with Crippen molar-refractivity contribution in [2.24, 2.45) is 4.99 Å². The molecule has 1 heterocycles. The highest BCUT2D eigenvalue weighted by molar-refractivity contribution is 7.89. The van der Waals surface area contributed by atoms with Crippen molar-refractivity contribution in [2.45, 2.75) is 4.90 Å². The molecule has 2 aromatic carbocycles. The summed E-state index contributed by atoms with van der Waals surface area (Å²) in [6.07, 6.45) is 1.69. The zero-order chi connectivity index (χ0) is 23.5. The van der Waals surface area contributed by atoms with Crippen LogP contribution in [0, 0.1) is 11.5 Å². The molecule has 32 heavy (non-hydrogen) atoms. The molecule has 1 fully saturated rings. The number of phenols is 1. The second-order valence-electron chi connectivity index (χ2n) is 6.42. The first-order valence-electron chi connectivity index (χ1n) is 8.96. The predicted molar refractivity (Wildman–Crippen MR) is 126 cm³/mol. The molecular formula is C18H16Cl3N5O4S2. The lowest BCUT2D eigenvalue weighted by molar-refractivity contribution is 0.426. The number of hydrogen-bond acceptors (Lipinski definition) is 6. The average Bonchev–Trinajstić information content (AvgIpc) is 2.74. The van der Waals surface area contributed by atoms with Crippen LogP contribution in [0.2, 0.25) is 15.1 Å². The molecule has 0 spiro atoms. The molecule has 0 aromatic heterocycles. The second-order valence-corrected chi connectivity index (χ2v) is 11.2. The molecule has 2 aromatic rings. The number of aromatic hydroxyl groups is 1. The third-order valence-corrected chi connectivity index (χ3v) is 8.89. The third kappa shape index (κ3) is 5.28. The third-order valence-electron chi connectivity index (χ3n) is 4.41. The number of phenolic OH excluding ortho intramolecular Hbond substituents is 1. The first-order chi connectivity index (χ1) is 15.1. The van der Waals surface area contributed by atoms with Crippen LogP contribution in [0.15, 0.2) is 40.2 Å². The maximum atomic E-state index is 13.1. The highest BCUT2D eigenvalue weighted by Gasteiger charge is 2.33. The number of nitrogens with zero attached hydrogens (tertiary/aromatic N) is 3. The topological polar surface area (TPSA) is 135 Å². The van der Waals surface area contributed by atoms with Gasteiger partial charge in [0.2, 0.25) is 16.0 Å². The number of guanidine groups is 1. The number of nitrogens with one attached hydrogen (secondary N) is 2. The van der Waals surface area contributed by atoms with Crippen LogP contribution in [-0.4, -0.2) is 52.6 Å². The van der Waals surface area contributed by atoms with Gasteiger partial charge in [-0.05, 0) is 24.3 Å². The summed E-state index contributed by atoms with van der Waals surface area (Å²) in [5, 5.41) is 25.0. The van der Waals surface area contributed by atoms with Crippen molar-refractivity contribution in [1.29, 1.82) is 5.26 Å². The first kappa shape index (κ1) is 24.6. The van der Waals surface area contributed by atoms with E-state index in [-0.39, 0.29) is 57.0 Å². The van der Waals surface area contributed by atoms with E-state index in [1.54, 1.807) is 24.4 Å². The summed E-state index contributed by atoms with van der Waals surface area (Å²) in [6.45, 7) is 0.0800.